The van der Waals surface area contributed by atoms with E-state index in [-0.39, 0.29) is 0 Å². The van der Waals surface area contributed by atoms with Gasteiger partial charge in [0.15, 0.2) is 0 Å². The molecule has 116 valence electrons. The minimum absolute atomic E-state index is 0.643. The molecule has 0 spiro atoms. The quantitative estimate of drug-likeness (QED) is 0.767. The SMILES string of the molecule is CCCOc1ccc(Br)cc1/C=C(/CN)C1CCCCC1. The maximum absolute atomic E-state index is 6.02. The molecule has 0 aromatic heterocycles. The number of halogens is 1. The lowest BCUT2D eigenvalue weighted by molar-refractivity contribution is 0.316. The number of benzene rings is 1. The van der Waals surface area contributed by atoms with Gasteiger partial charge in [-0.15, -0.1) is 0 Å². The Kier molecular flexibility index (Phi) is 6.78. The molecule has 0 unspecified atom stereocenters. The van der Waals surface area contributed by atoms with Gasteiger partial charge in [-0.2, -0.15) is 0 Å². The van der Waals surface area contributed by atoms with Crippen LogP contribution in [0.4, 0.5) is 0 Å². The van der Waals surface area contributed by atoms with Gasteiger partial charge in [-0.3, -0.25) is 0 Å². The maximum Gasteiger partial charge on any atom is 0.126 e. The van der Waals surface area contributed by atoms with Crippen LogP contribution in [-0.2, 0) is 0 Å². The predicted octanol–water partition coefficient (Wildman–Crippen LogP) is 5.16. The monoisotopic (exact) mass is 351 g/mol. The van der Waals surface area contributed by atoms with Gasteiger partial charge in [0, 0.05) is 16.6 Å². The molecule has 2 nitrogen and oxygen atoms in total. The first-order valence-electron chi connectivity index (χ1n) is 8.07. The zero-order valence-corrected chi connectivity index (χ0v) is 14.5. The molecule has 1 aromatic rings. The van der Waals surface area contributed by atoms with Crippen molar-refractivity contribution in [1.82, 2.24) is 0 Å². The standard InChI is InChI=1S/C18H26BrNO/c1-2-10-21-18-9-8-17(19)12-15(18)11-16(13-20)14-6-4-3-5-7-14/h8-9,11-12,14H,2-7,10,13,20H2,1H3/b16-11-. The maximum atomic E-state index is 6.02. The zero-order valence-electron chi connectivity index (χ0n) is 12.9. The van der Waals surface area contributed by atoms with Crippen molar-refractivity contribution in [3.05, 3.63) is 33.8 Å². The van der Waals surface area contributed by atoms with Crippen LogP contribution in [-0.4, -0.2) is 13.2 Å². The average molecular weight is 352 g/mol. The molecule has 1 aliphatic rings. The number of hydrogen-bond donors (Lipinski definition) is 1. The van der Waals surface area contributed by atoms with Crippen LogP contribution in [0.3, 0.4) is 0 Å². The zero-order chi connectivity index (χ0) is 15.1. The van der Waals surface area contributed by atoms with E-state index in [4.69, 9.17) is 10.5 Å². The van der Waals surface area contributed by atoms with E-state index >= 15 is 0 Å². The van der Waals surface area contributed by atoms with Gasteiger partial charge in [-0.25, -0.2) is 0 Å². The van der Waals surface area contributed by atoms with Crippen molar-refractivity contribution in [2.45, 2.75) is 45.4 Å². The first kappa shape index (κ1) is 16.6. The molecule has 0 heterocycles. The third kappa shape index (κ3) is 4.86. The van der Waals surface area contributed by atoms with Gasteiger partial charge in [0.1, 0.15) is 5.75 Å². The number of rotatable bonds is 6. The molecule has 0 bridgehead atoms. The molecule has 0 saturated heterocycles. The van der Waals surface area contributed by atoms with Gasteiger partial charge in [-0.1, -0.05) is 53.8 Å². The summed E-state index contributed by atoms with van der Waals surface area (Å²) in [6.07, 6.45) is 9.87. The van der Waals surface area contributed by atoms with Gasteiger partial charge in [0.05, 0.1) is 6.61 Å². The van der Waals surface area contributed by atoms with Gasteiger partial charge in [-0.05, 0) is 43.4 Å². The van der Waals surface area contributed by atoms with Gasteiger partial charge in [0.2, 0.25) is 0 Å². The second-order valence-electron chi connectivity index (χ2n) is 5.79. The summed E-state index contributed by atoms with van der Waals surface area (Å²) < 4.78 is 6.95. The molecule has 21 heavy (non-hydrogen) atoms. The normalized spacial score (nSPS) is 17.0. The predicted molar refractivity (Wildman–Crippen MR) is 93.5 cm³/mol. The van der Waals surface area contributed by atoms with Crippen LogP contribution < -0.4 is 10.5 Å². The summed E-state index contributed by atoms with van der Waals surface area (Å²) in [5.74, 6) is 1.61. The van der Waals surface area contributed by atoms with E-state index < -0.39 is 0 Å². The summed E-state index contributed by atoms with van der Waals surface area (Å²) >= 11 is 3.56. The number of nitrogens with two attached hydrogens (primary N) is 1. The van der Waals surface area contributed by atoms with E-state index in [1.54, 1.807) is 0 Å². The summed E-state index contributed by atoms with van der Waals surface area (Å²) in [6, 6.07) is 6.20. The van der Waals surface area contributed by atoms with E-state index in [1.807, 2.05) is 12.1 Å². The highest BCUT2D eigenvalue weighted by atomic mass is 79.9. The van der Waals surface area contributed by atoms with Crippen molar-refractivity contribution in [1.29, 1.82) is 0 Å². The second kappa shape index (κ2) is 8.60. The lowest BCUT2D eigenvalue weighted by Gasteiger charge is -2.24. The highest BCUT2D eigenvalue weighted by molar-refractivity contribution is 9.10. The van der Waals surface area contributed by atoms with E-state index in [0.29, 0.717) is 12.5 Å². The molecular formula is C18H26BrNO. The Morgan fingerprint density at radius 3 is 2.76 bits per heavy atom. The fourth-order valence-corrected chi connectivity index (χ4v) is 3.37. The van der Waals surface area contributed by atoms with E-state index in [9.17, 15) is 0 Å². The summed E-state index contributed by atoms with van der Waals surface area (Å²) in [6.45, 7) is 3.52. The van der Waals surface area contributed by atoms with E-state index in [0.717, 1.165) is 28.8 Å². The first-order valence-corrected chi connectivity index (χ1v) is 8.86. The minimum Gasteiger partial charge on any atom is -0.493 e. The van der Waals surface area contributed by atoms with Crippen LogP contribution >= 0.6 is 15.9 Å². The molecule has 3 heteroatoms. The Labute approximate surface area is 136 Å². The summed E-state index contributed by atoms with van der Waals surface area (Å²) in [7, 11) is 0. The first-order chi connectivity index (χ1) is 10.2. The van der Waals surface area contributed by atoms with Crippen LogP contribution in [0.15, 0.2) is 28.2 Å². The van der Waals surface area contributed by atoms with Crippen molar-refractivity contribution >= 4 is 22.0 Å². The molecule has 0 atom stereocenters. The summed E-state index contributed by atoms with van der Waals surface area (Å²) in [4.78, 5) is 0. The van der Waals surface area contributed by atoms with Gasteiger partial charge < -0.3 is 10.5 Å². The fourth-order valence-electron chi connectivity index (χ4n) is 2.99. The molecule has 0 aliphatic heterocycles. The average Bonchev–Trinajstić information content (AvgIpc) is 2.52. The van der Waals surface area contributed by atoms with Crippen LogP contribution in [0, 0.1) is 5.92 Å². The third-order valence-corrected chi connectivity index (χ3v) is 4.63. The van der Waals surface area contributed by atoms with Gasteiger partial charge in [0.25, 0.3) is 0 Å². The molecule has 0 amide bonds. The molecule has 0 radical (unpaired) electrons. The molecule has 1 aromatic carbocycles. The molecular weight excluding hydrogens is 326 g/mol. The van der Waals surface area contributed by atoms with Crippen LogP contribution in [0.25, 0.3) is 6.08 Å². The molecule has 1 fully saturated rings. The van der Waals surface area contributed by atoms with Crippen LogP contribution in [0.2, 0.25) is 0 Å². The molecule has 2 N–H and O–H groups in total. The minimum atomic E-state index is 0.643. The Balaban J connectivity index is 2.24. The van der Waals surface area contributed by atoms with Gasteiger partial charge >= 0.3 is 0 Å². The largest absolute Gasteiger partial charge is 0.493 e. The Hall–Kier alpha value is -0.800. The molecule has 1 aliphatic carbocycles. The topological polar surface area (TPSA) is 35.2 Å². The van der Waals surface area contributed by atoms with Crippen molar-refractivity contribution in [2.75, 3.05) is 13.2 Å². The molecule has 2 rings (SSSR count). The van der Waals surface area contributed by atoms with E-state index in [2.05, 4.69) is 35.0 Å². The number of hydrogen-bond acceptors (Lipinski definition) is 2. The lowest BCUT2D eigenvalue weighted by atomic mass is 9.83. The third-order valence-electron chi connectivity index (χ3n) is 4.14. The smallest absolute Gasteiger partial charge is 0.126 e. The van der Waals surface area contributed by atoms with Crippen molar-refractivity contribution in [2.24, 2.45) is 11.7 Å². The van der Waals surface area contributed by atoms with Crippen LogP contribution in [0.1, 0.15) is 51.0 Å². The summed E-state index contributed by atoms with van der Waals surface area (Å²) in [5.41, 5.74) is 8.53. The van der Waals surface area contributed by atoms with Crippen molar-refractivity contribution < 1.29 is 4.74 Å². The lowest BCUT2D eigenvalue weighted by Crippen LogP contribution is -2.16. The summed E-state index contributed by atoms with van der Waals surface area (Å²) in [5, 5.41) is 0. The van der Waals surface area contributed by atoms with Crippen molar-refractivity contribution in [3.63, 3.8) is 0 Å². The van der Waals surface area contributed by atoms with Crippen molar-refractivity contribution in [3.8, 4) is 5.75 Å². The Bertz CT molecular complexity index is 478. The molecule has 1 saturated carbocycles. The Morgan fingerprint density at radius 1 is 1.33 bits per heavy atom. The highest BCUT2D eigenvalue weighted by Crippen LogP contribution is 2.32. The fraction of sp³-hybridized carbons (Fsp3) is 0.556. The second-order valence-corrected chi connectivity index (χ2v) is 6.70. The van der Waals surface area contributed by atoms with E-state index in [1.165, 1.54) is 37.7 Å². The number of ether oxygens (including phenoxy) is 1. The highest BCUT2D eigenvalue weighted by Gasteiger charge is 2.17. The Morgan fingerprint density at radius 2 is 2.10 bits per heavy atom. The van der Waals surface area contributed by atoms with Crippen LogP contribution in [0.5, 0.6) is 5.75 Å².